The molecule has 72 valence electrons. The van der Waals surface area contributed by atoms with E-state index in [1.54, 1.807) is 6.16 Å². The van der Waals surface area contributed by atoms with Crippen molar-refractivity contribution in [2.24, 2.45) is 0 Å². The highest BCUT2D eigenvalue weighted by molar-refractivity contribution is 8.61. The minimum atomic E-state index is 0.268. The van der Waals surface area contributed by atoms with Crippen molar-refractivity contribution >= 4 is 57.6 Å². The molecule has 0 spiro atoms. The third-order valence-electron chi connectivity index (χ3n) is 2.39. The summed E-state index contributed by atoms with van der Waals surface area (Å²) in [5, 5.41) is 0. The van der Waals surface area contributed by atoms with Crippen LogP contribution in [0.5, 0.6) is 0 Å². The van der Waals surface area contributed by atoms with Crippen molar-refractivity contribution in [3.05, 3.63) is 0 Å². The fourth-order valence-corrected chi connectivity index (χ4v) is 16.7. The van der Waals surface area contributed by atoms with Crippen molar-refractivity contribution in [2.75, 3.05) is 6.16 Å². The summed E-state index contributed by atoms with van der Waals surface area (Å²) >= 11 is 0. The van der Waals surface area contributed by atoms with Crippen LogP contribution < -0.4 is 0 Å². The number of hydrogen-bond acceptors (Lipinski definition) is 0. The second kappa shape index (κ2) is 6.56. The van der Waals surface area contributed by atoms with Crippen LogP contribution >= 0.6 is 57.6 Å². The lowest BCUT2D eigenvalue weighted by molar-refractivity contribution is 0.855. The third kappa shape index (κ3) is 3.26. The van der Waals surface area contributed by atoms with Crippen LogP contribution in [0.25, 0.3) is 0 Å². The van der Waals surface area contributed by atoms with Crippen LogP contribution in [0, 0.1) is 0 Å². The van der Waals surface area contributed by atoms with E-state index >= 15 is 0 Å². The predicted octanol–water partition coefficient (Wildman–Crippen LogP) is 4.67. The molecule has 0 aromatic rings. The summed E-state index contributed by atoms with van der Waals surface area (Å²) in [6.07, 6.45) is 3.07. The SMILES string of the molecule is CC1C(P(P)PP)CCP1PP. The van der Waals surface area contributed by atoms with Crippen LogP contribution in [0.1, 0.15) is 13.3 Å². The normalized spacial score (nSPS) is 40.5. The van der Waals surface area contributed by atoms with Gasteiger partial charge in [-0.25, -0.2) is 0 Å². The fourth-order valence-electron chi connectivity index (χ4n) is 1.57. The molecule has 9 unspecified atom stereocenters. The molecule has 0 amide bonds. The van der Waals surface area contributed by atoms with E-state index in [0.717, 1.165) is 27.2 Å². The van der Waals surface area contributed by atoms with Crippen LogP contribution in [0.4, 0.5) is 0 Å². The summed E-state index contributed by atoms with van der Waals surface area (Å²) in [4.78, 5) is 0. The van der Waals surface area contributed by atoms with Gasteiger partial charge in [-0.1, -0.05) is 37.7 Å². The van der Waals surface area contributed by atoms with Gasteiger partial charge in [0.15, 0.2) is 0 Å². The molecule has 0 nitrogen and oxygen atoms in total. The summed E-state index contributed by atoms with van der Waals surface area (Å²) in [7, 11) is 11.9. The summed E-state index contributed by atoms with van der Waals surface area (Å²) in [5.74, 6) is 0. The molecule has 0 saturated carbocycles. The maximum absolute atomic E-state index is 3.10. The molecule has 0 aromatic heterocycles. The zero-order chi connectivity index (χ0) is 9.14. The van der Waals surface area contributed by atoms with Crippen molar-refractivity contribution in [3.63, 3.8) is 0 Å². The molecular formula is C5H17P7. The molecule has 0 aliphatic carbocycles. The van der Waals surface area contributed by atoms with Crippen molar-refractivity contribution in [1.29, 1.82) is 0 Å². The molecule has 12 heavy (non-hydrogen) atoms. The Bertz CT molecular complexity index is 140. The second-order valence-corrected chi connectivity index (χ2v) is 19.8. The molecule has 1 rings (SSSR count). The van der Waals surface area contributed by atoms with Gasteiger partial charge in [0.25, 0.3) is 0 Å². The van der Waals surface area contributed by atoms with E-state index in [2.05, 4.69) is 33.7 Å². The van der Waals surface area contributed by atoms with Gasteiger partial charge in [0, 0.05) is 0 Å². The Hall–Kier alpha value is 3.01. The van der Waals surface area contributed by atoms with E-state index < -0.39 is 0 Å². The van der Waals surface area contributed by atoms with Crippen molar-refractivity contribution < 1.29 is 0 Å². The molecule has 1 fully saturated rings. The molecule has 7 heteroatoms. The van der Waals surface area contributed by atoms with Crippen LogP contribution in [0.2, 0.25) is 0 Å². The highest BCUT2D eigenvalue weighted by atomic mass is 32.6. The first-order chi connectivity index (χ1) is 5.70. The average molecular weight is 294 g/mol. The maximum atomic E-state index is 3.10. The van der Waals surface area contributed by atoms with Gasteiger partial charge < -0.3 is 0 Å². The molecule has 9 atom stereocenters. The lowest BCUT2D eigenvalue weighted by atomic mass is 10.3. The quantitative estimate of drug-likeness (QED) is 0.664. The Morgan fingerprint density at radius 3 is 2.58 bits per heavy atom. The fraction of sp³-hybridized carbons (Fsp3) is 1.00. The van der Waals surface area contributed by atoms with Gasteiger partial charge in [0.2, 0.25) is 0 Å². The van der Waals surface area contributed by atoms with Gasteiger partial charge in [-0.3, -0.25) is 0 Å². The maximum Gasteiger partial charge on any atom is -0.00643 e. The van der Waals surface area contributed by atoms with Crippen molar-refractivity contribution in [3.8, 4) is 0 Å². The molecule has 1 saturated heterocycles. The average Bonchev–Trinajstić information content (AvgIpc) is 2.45. The molecule has 1 aliphatic heterocycles. The topological polar surface area (TPSA) is 0 Å². The summed E-state index contributed by atoms with van der Waals surface area (Å²) in [6, 6.07) is 0. The lowest BCUT2D eigenvalue weighted by Crippen LogP contribution is -2.08. The molecule has 1 aliphatic rings. The van der Waals surface area contributed by atoms with Gasteiger partial charge in [0.05, 0.1) is 0 Å². The highest BCUT2D eigenvalue weighted by Crippen LogP contribution is 2.78. The molecule has 1 heterocycles. The number of hydrogen-bond donors (Lipinski definition) is 0. The van der Waals surface area contributed by atoms with E-state index in [9.17, 15) is 0 Å². The largest absolute Gasteiger partial charge is 0.110 e. The Kier molecular flexibility index (Phi) is 7.15. The smallest absolute Gasteiger partial charge is 0.00643 e. The second-order valence-electron chi connectivity index (χ2n) is 2.96. The van der Waals surface area contributed by atoms with E-state index in [1.165, 1.54) is 6.42 Å². The van der Waals surface area contributed by atoms with E-state index in [0.29, 0.717) is 7.61 Å². The van der Waals surface area contributed by atoms with E-state index in [1.807, 2.05) is 0 Å². The zero-order valence-electron chi connectivity index (χ0n) is 7.20. The molecular weight excluding hydrogens is 277 g/mol. The first kappa shape index (κ1) is 13.1. The Balaban J connectivity index is 2.48. The first-order valence-electron chi connectivity index (χ1n) is 3.93. The van der Waals surface area contributed by atoms with Gasteiger partial charge in [-0.2, -0.15) is 0 Å². The Morgan fingerprint density at radius 1 is 1.50 bits per heavy atom. The molecule has 0 N–H and O–H groups in total. The van der Waals surface area contributed by atoms with E-state index in [4.69, 9.17) is 0 Å². The van der Waals surface area contributed by atoms with Gasteiger partial charge in [-0.15, -0.1) is 26.8 Å². The standard InChI is InChI=1S/C5H17P7/c1-4-5(12(8)10-7)2-3-11(4)9-6/h4-5,9-10H,2-3,6-8H2,1H3. The summed E-state index contributed by atoms with van der Waals surface area (Å²) in [5.41, 5.74) is 2.12. The molecule has 0 radical (unpaired) electrons. The molecule has 0 aromatic carbocycles. The van der Waals surface area contributed by atoms with Gasteiger partial charge in [0.1, 0.15) is 0 Å². The summed E-state index contributed by atoms with van der Waals surface area (Å²) < 4.78 is 0. The monoisotopic (exact) mass is 294 g/mol. The Morgan fingerprint density at radius 2 is 2.17 bits per heavy atom. The van der Waals surface area contributed by atoms with E-state index in [-0.39, 0.29) is 7.30 Å². The van der Waals surface area contributed by atoms with Crippen LogP contribution in [0.3, 0.4) is 0 Å². The molecule has 0 bridgehead atoms. The number of rotatable bonds is 3. The minimum absolute atomic E-state index is 0.268. The predicted molar refractivity (Wildman–Crippen MR) is 82.3 cm³/mol. The zero-order valence-corrected chi connectivity index (χ0v) is 14.4. The third-order valence-corrected chi connectivity index (χ3v) is 22.4. The minimum Gasteiger partial charge on any atom is -0.110 e. The van der Waals surface area contributed by atoms with Crippen molar-refractivity contribution in [1.82, 2.24) is 0 Å². The van der Waals surface area contributed by atoms with Crippen molar-refractivity contribution in [2.45, 2.75) is 24.7 Å². The van der Waals surface area contributed by atoms with Crippen LogP contribution in [-0.4, -0.2) is 17.5 Å². The van der Waals surface area contributed by atoms with Gasteiger partial charge in [-0.05, 0) is 23.9 Å². The summed E-state index contributed by atoms with van der Waals surface area (Å²) in [6.45, 7) is 2.49. The lowest BCUT2D eigenvalue weighted by Gasteiger charge is -2.24. The highest BCUT2D eigenvalue weighted by Gasteiger charge is 2.34. The first-order valence-corrected chi connectivity index (χ1v) is 15.9. The Labute approximate surface area is 88.5 Å². The van der Waals surface area contributed by atoms with Crippen LogP contribution in [-0.2, 0) is 0 Å². The van der Waals surface area contributed by atoms with Gasteiger partial charge >= 0.3 is 0 Å². The van der Waals surface area contributed by atoms with Crippen LogP contribution in [0.15, 0.2) is 0 Å².